The maximum atomic E-state index is 4.74. The minimum Gasteiger partial charge on any atom is -0.339 e. The summed E-state index contributed by atoms with van der Waals surface area (Å²) in [6.07, 6.45) is 1.80. The number of hydrogen-bond donors (Lipinski definition) is 1. The zero-order chi connectivity index (χ0) is 14.1. The summed E-state index contributed by atoms with van der Waals surface area (Å²) in [6, 6.07) is 0.361. The van der Waals surface area contributed by atoms with Crippen LogP contribution in [0.1, 0.15) is 36.3 Å². The van der Waals surface area contributed by atoms with Crippen molar-refractivity contribution in [2.75, 3.05) is 18.0 Å². The van der Waals surface area contributed by atoms with Gasteiger partial charge in [0, 0.05) is 24.0 Å². The number of thiazole rings is 1. The van der Waals surface area contributed by atoms with Crippen LogP contribution in [0, 0.1) is 6.92 Å². The van der Waals surface area contributed by atoms with Crippen LogP contribution in [0.4, 0.5) is 5.13 Å². The number of anilines is 1. The normalized spacial score (nSPS) is 16.2. The molecule has 0 amide bonds. The van der Waals surface area contributed by atoms with Crippen molar-refractivity contribution in [3.05, 3.63) is 22.7 Å². The molecule has 0 aliphatic carbocycles. The van der Waals surface area contributed by atoms with E-state index < -0.39 is 0 Å². The van der Waals surface area contributed by atoms with E-state index in [2.05, 4.69) is 45.8 Å². The van der Waals surface area contributed by atoms with Crippen LogP contribution in [-0.4, -0.2) is 32.8 Å². The van der Waals surface area contributed by atoms with Gasteiger partial charge in [-0.15, -0.1) is 10.2 Å². The standard InChI is InChI=1S/C13H20N6S/c1-4-14-9(2)12-10(3)16-13(20-12)18-5-6-19-8-15-17-11(19)7-18/h8-9,14H,4-7H2,1-3H3. The molecule has 0 fully saturated rings. The fourth-order valence-electron chi connectivity index (χ4n) is 2.56. The number of nitrogens with one attached hydrogen (secondary N) is 1. The summed E-state index contributed by atoms with van der Waals surface area (Å²) >= 11 is 1.79. The summed E-state index contributed by atoms with van der Waals surface area (Å²) in [6.45, 7) is 10.1. The highest BCUT2D eigenvalue weighted by Gasteiger charge is 2.22. The number of hydrogen-bond acceptors (Lipinski definition) is 6. The van der Waals surface area contributed by atoms with Crippen molar-refractivity contribution < 1.29 is 0 Å². The Morgan fingerprint density at radius 1 is 1.45 bits per heavy atom. The third-order valence-corrected chi connectivity index (χ3v) is 5.04. The van der Waals surface area contributed by atoms with E-state index in [0.717, 1.165) is 42.8 Å². The quantitative estimate of drug-likeness (QED) is 0.930. The zero-order valence-corrected chi connectivity index (χ0v) is 12.9. The molecule has 1 atom stereocenters. The number of fused-ring (bicyclic) bond motifs is 1. The van der Waals surface area contributed by atoms with Crippen molar-refractivity contribution >= 4 is 16.5 Å². The first-order valence-electron chi connectivity index (χ1n) is 7.01. The minimum atomic E-state index is 0.361. The Balaban J connectivity index is 1.80. The second kappa shape index (κ2) is 5.49. The molecular formula is C13H20N6S. The Hall–Kier alpha value is -1.47. The van der Waals surface area contributed by atoms with Crippen LogP contribution in [-0.2, 0) is 13.1 Å². The molecule has 20 heavy (non-hydrogen) atoms. The van der Waals surface area contributed by atoms with E-state index in [0.29, 0.717) is 6.04 Å². The first-order chi connectivity index (χ1) is 9.69. The molecule has 1 aliphatic rings. The molecule has 0 saturated carbocycles. The highest BCUT2D eigenvalue weighted by atomic mass is 32.1. The van der Waals surface area contributed by atoms with Gasteiger partial charge in [-0.05, 0) is 20.4 Å². The summed E-state index contributed by atoms with van der Waals surface area (Å²) in [5, 5.41) is 12.7. The molecule has 0 spiro atoms. The highest BCUT2D eigenvalue weighted by Crippen LogP contribution is 2.32. The van der Waals surface area contributed by atoms with Gasteiger partial charge in [0.1, 0.15) is 6.33 Å². The fourth-order valence-corrected chi connectivity index (χ4v) is 3.68. The van der Waals surface area contributed by atoms with E-state index in [9.17, 15) is 0 Å². The van der Waals surface area contributed by atoms with Crippen molar-refractivity contribution in [2.24, 2.45) is 0 Å². The fraction of sp³-hybridized carbons (Fsp3) is 0.615. The molecule has 7 heteroatoms. The lowest BCUT2D eigenvalue weighted by atomic mass is 10.2. The molecule has 1 unspecified atom stereocenters. The van der Waals surface area contributed by atoms with Gasteiger partial charge in [-0.2, -0.15) is 0 Å². The van der Waals surface area contributed by atoms with Crippen molar-refractivity contribution in [3.63, 3.8) is 0 Å². The van der Waals surface area contributed by atoms with Gasteiger partial charge in [0.2, 0.25) is 0 Å². The second-order valence-corrected chi connectivity index (χ2v) is 6.10. The SMILES string of the molecule is CCNC(C)c1sc(N2CCn3cnnc3C2)nc1C. The minimum absolute atomic E-state index is 0.361. The summed E-state index contributed by atoms with van der Waals surface area (Å²) in [5.74, 6) is 1.02. The largest absolute Gasteiger partial charge is 0.339 e. The summed E-state index contributed by atoms with van der Waals surface area (Å²) in [5.41, 5.74) is 1.13. The van der Waals surface area contributed by atoms with E-state index >= 15 is 0 Å². The maximum absolute atomic E-state index is 4.74. The lowest BCUT2D eigenvalue weighted by Gasteiger charge is -2.26. The van der Waals surface area contributed by atoms with E-state index in [1.54, 1.807) is 17.7 Å². The summed E-state index contributed by atoms with van der Waals surface area (Å²) in [7, 11) is 0. The molecule has 3 heterocycles. The topological polar surface area (TPSA) is 58.9 Å². The van der Waals surface area contributed by atoms with Crippen molar-refractivity contribution in [1.82, 2.24) is 25.1 Å². The average Bonchev–Trinajstić information content (AvgIpc) is 3.04. The average molecular weight is 292 g/mol. The molecular weight excluding hydrogens is 272 g/mol. The van der Waals surface area contributed by atoms with E-state index in [1.807, 2.05) is 0 Å². The van der Waals surface area contributed by atoms with Gasteiger partial charge >= 0.3 is 0 Å². The van der Waals surface area contributed by atoms with Gasteiger partial charge in [-0.25, -0.2) is 4.98 Å². The molecule has 108 valence electrons. The Morgan fingerprint density at radius 2 is 2.30 bits per heavy atom. The highest BCUT2D eigenvalue weighted by molar-refractivity contribution is 7.15. The number of nitrogens with zero attached hydrogens (tertiary/aromatic N) is 5. The molecule has 0 radical (unpaired) electrons. The van der Waals surface area contributed by atoms with Crippen LogP contribution in [0.25, 0.3) is 0 Å². The van der Waals surface area contributed by atoms with Crippen LogP contribution >= 0.6 is 11.3 Å². The Bertz CT molecular complexity index is 589. The first kappa shape index (κ1) is 13.5. The van der Waals surface area contributed by atoms with Gasteiger partial charge in [-0.3, -0.25) is 0 Å². The van der Waals surface area contributed by atoms with Gasteiger partial charge in [0.25, 0.3) is 0 Å². The van der Waals surface area contributed by atoms with Crippen LogP contribution in [0.2, 0.25) is 0 Å². The Morgan fingerprint density at radius 3 is 3.10 bits per heavy atom. The van der Waals surface area contributed by atoms with Crippen LogP contribution in [0.3, 0.4) is 0 Å². The second-order valence-electron chi connectivity index (χ2n) is 5.09. The monoisotopic (exact) mass is 292 g/mol. The predicted octanol–water partition coefficient (Wildman–Crippen LogP) is 1.73. The van der Waals surface area contributed by atoms with E-state index in [1.165, 1.54) is 4.88 Å². The molecule has 6 nitrogen and oxygen atoms in total. The first-order valence-corrected chi connectivity index (χ1v) is 7.83. The molecule has 2 aromatic rings. The smallest absolute Gasteiger partial charge is 0.186 e. The van der Waals surface area contributed by atoms with Crippen molar-refractivity contribution in [2.45, 2.75) is 39.9 Å². The van der Waals surface area contributed by atoms with Crippen molar-refractivity contribution in [1.29, 1.82) is 0 Å². The van der Waals surface area contributed by atoms with Gasteiger partial charge in [-0.1, -0.05) is 18.3 Å². The lowest BCUT2D eigenvalue weighted by Crippen LogP contribution is -2.33. The summed E-state index contributed by atoms with van der Waals surface area (Å²) in [4.78, 5) is 8.37. The molecule has 0 aromatic carbocycles. The molecule has 1 N–H and O–H groups in total. The van der Waals surface area contributed by atoms with Crippen LogP contribution in [0.15, 0.2) is 6.33 Å². The maximum Gasteiger partial charge on any atom is 0.186 e. The van der Waals surface area contributed by atoms with Crippen molar-refractivity contribution in [3.8, 4) is 0 Å². The number of rotatable bonds is 4. The van der Waals surface area contributed by atoms with Crippen LogP contribution < -0.4 is 10.2 Å². The lowest BCUT2D eigenvalue weighted by molar-refractivity contribution is 0.559. The third-order valence-electron chi connectivity index (χ3n) is 3.63. The van der Waals surface area contributed by atoms with Gasteiger partial charge in [0.05, 0.1) is 12.2 Å². The third kappa shape index (κ3) is 2.43. The predicted molar refractivity (Wildman–Crippen MR) is 80.0 cm³/mol. The number of aryl methyl sites for hydroxylation is 1. The van der Waals surface area contributed by atoms with Crippen LogP contribution in [0.5, 0.6) is 0 Å². The molecule has 3 rings (SSSR count). The van der Waals surface area contributed by atoms with E-state index in [4.69, 9.17) is 4.98 Å². The Kier molecular flexibility index (Phi) is 3.71. The Labute approximate surface area is 122 Å². The molecule has 1 aliphatic heterocycles. The number of aromatic nitrogens is 4. The molecule has 2 aromatic heterocycles. The van der Waals surface area contributed by atoms with Gasteiger partial charge in [0.15, 0.2) is 11.0 Å². The van der Waals surface area contributed by atoms with E-state index in [-0.39, 0.29) is 0 Å². The molecule has 0 bridgehead atoms. The zero-order valence-electron chi connectivity index (χ0n) is 12.1. The molecule has 0 saturated heterocycles. The summed E-state index contributed by atoms with van der Waals surface area (Å²) < 4.78 is 2.11. The van der Waals surface area contributed by atoms with Gasteiger partial charge < -0.3 is 14.8 Å².